The van der Waals surface area contributed by atoms with Gasteiger partial charge in [0.2, 0.25) is 5.89 Å². The predicted molar refractivity (Wildman–Crippen MR) is 147 cm³/mol. The zero-order valence-electron chi connectivity index (χ0n) is 22.3. The highest BCUT2D eigenvalue weighted by Crippen LogP contribution is 2.41. The number of piperidine rings is 1. The first-order chi connectivity index (χ1) is 20.0. The van der Waals surface area contributed by atoms with Crippen LogP contribution in [0.2, 0.25) is 0 Å². The zero-order valence-corrected chi connectivity index (χ0v) is 22.3. The summed E-state index contributed by atoms with van der Waals surface area (Å²) in [4.78, 5) is 31.0. The van der Waals surface area contributed by atoms with Crippen molar-refractivity contribution in [3.05, 3.63) is 60.0 Å². The van der Waals surface area contributed by atoms with Crippen LogP contribution in [0.15, 0.2) is 41.2 Å². The normalized spacial score (nSPS) is 18.2. The standard InChI is InChI=1S/C29H29F2N7O3/c30-21-5-4-20(19-3-6-23(22(31)15-19)38-12-11-37(13-14-39)29(38)40)25-24(21)27(33-16-32-25)36-9-7-17(8-10-36)26-34-28(41-35-26)18-1-2-18/h3-6,15-18,39H,1-2,7-14H2. The van der Waals surface area contributed by atoms with Crippen molar-refractivity contribution in [1.29, 1.82) is 0 Å². The highest BCUT2D eigenvalue weighted by molar-refractivity contribution is 6.00. The molecule has 2 saturated heterocycles. The van der Waals surface area contributed by atoms with Gasteiger partial charge in [-0.15, -0.1) is 0 Å². The van der Waals surface area contributed by atoms with Crippen LogP contribution in [-0.4, -0.2) is 75.5 Å². The van der Waals surface area contributed by atoms with E-state index in [1.807, 2.05) is 0 Å². The number of aliphatic hydroxyl groups excluding tert-OH is 1. The highest BCUT2D eigenvalue weighted by atomic mass is 19.1. The second-order valence-corrected chi connectivity index (χ2v) is 10.9. The van der Waals surface area contributed by atoms with E-state index in [0.717, 1.165) is 37.4 Å². The van der Waals surface area contributed by atoms with Gasteiger partial charge in [-0.1, -0.05) is 11.2 Å². The molecule has 0 bridgehead atoms. The molecule has 2 aromatic heterocycles. The first-order valence-electron chi connectivity index (χ1n) is 14.0. The molecular weight excluding hydrogens is 532 g/mol. The molecule has 4 aromatic rings. The number of carbonyl (C=O) groups is 1. The van der Waals surface area contributed by atoms with Crippen LogP contribution in [0.3, 0.4) is 0 Å². The van der Waals surface area contributed by atoms with Crippen LogP contribution < -0.4 is 9.80 Å². The van der Waals surface area contributed by atoms with Crippen molar-refractivity contribution in [2.24, 2.45) is 0 Å². The van der Waals surface area contributed by atoms with Gasteiger partial charge in [0.15, 0.2) is 5.82 Å². The lowest BCUT2D eigenvalue weighted by atomic mass is 9.95. The summed E-state index contributed by atoms with van der Waals surface area (Å²) in [5.74, 6) is 1.56. The molecule has 1 saturated carbocycles. The number of hydrogen-bond acceptors (Lipinski definition) is 8. The van der Waals surface area contributed by atoms with Gasteiger partial charge in [0.25, 0.3) is 0 Å². The summed E-state index contributed by atoms with van der Waals surface area (Å²) in [5, 5.41) is 13.7. The number of nitrogens with zero attached hydrogens (tertiary/aromatic N) is 7. The molecular formula is C29H29F2N7O3. The number of carbonyl (C=O) groups excluding carboxylic acids is 1. The van der Waals surface area contributed by atoms with Crippen molar-refractivity contribution in [2.75, 3.05) is 49.1 Å². The topological polar surface area (TPSA) is 112 Å². The van der Waals surface area contributed by atoms with Gasteiger partial charge >= 0.3 is 6.03 Å². The molecule has 7 rings (SSSR count). The Morgan fingerprint density at radius 1 is 0.951 bits per heavy atom. The molecule has 2 amide bonds. The van der Waals surface area contributed by atoms with E-state index in [4.69, 9.17) is 4.52 Å². The Morgan fingerprint density at radius 3 is 2.54 bits per heavy atom. The molecule has 1 aliphatic carbocycles. The van der Waals surface area contributed by atoms with Crippen LogP contribution in [-0.2, 0) is 0 Å². The van der Waals surface area contributed by atoms with Crippen LogP contribution in [0.5, 0.6) is 0 Å². The van der Waals surface area contributed by atoms with Crippen LogP contribution in [0.25, 0.3) is 22.0 Å². The van der Waals surface area contributed by atoms with E-state index in [1.54, 1.807) is 18.2 Å². The number of hydrogen-bond donors (Lipinski definition) is 1. The summed E-state index contributed by atoms with van der Waals surface area (Å²) in [7, 11) is 0. The summed E-state index contributed by atoms with van der Waals surface area (Å²) >= 11 is 0. The lowest BCUT2D eigenvalue weighted by Crippen LogP contribution is -2.34. The number of benzene rings is 2. The lowest BCUT2D eigenvalue weighted by Gasteiger charge is -2.32. The van der Waals surface area contributed by atoms with Crippen LogP contribution in [0.4, 0.5) is 25.1 Å². The number of amides is 2. The third-order valence-corrected chi connectivity index (χ3v) is 8.28. The minimum absolute atomic E-state index is 0.152. The molecule has 41 heavy (non-hydrogen) atoms. The maximum atomic E-state index is 15.4. The highest BCUT2D eigenvalue weighted by Gasteiger charge is 2.33. The Hall–Kier alpha value is -4.19. The van der Waals surface area contributed by atoms with E-state index in [1.165, 1.54) is 28.3 Å². The number of anilines is 2. The van der Waals surface area contributed by atoms with Gasteiger partial charge in [0.1, 0.15) is 23.8 Å². The number of fused-ring (bicyclic) bond motifs is 1. The fourth-order valence-electron chi connectivity index (χ4n) is 5.88. The first kappa shape index (κ1) is 25.8. The third-order valence-electron chi connectivity index (χ3n) is 8.28. The van der Waals surface area contributed by atoms with Gasteiger partial charge in [0, 0.05) is 50.1 Å². The number of aromatic nitrogens is 4. The number of urea groups is 1. The minimum Gasteiger partial charge on any atom is -0.395 e. The molecule has 10 nitrogen and oxygen atoms in total. The number of aliphatic hydroxyl groups is 1. The van der Waals surface area contributed by atoms with E-state index in [0.29, 0.717) is 54.6 Å². The molecule has 1 N–H and O–H groups in total. The quantitative estimate of drug-likeness (QED) is 0.352. The molecule has 0 radical (unpaired) electrons. The Bertz CT molecular complexity index is 1620. The van der Waals surface area contributed by atoms with Crippen LogP contribution >= 0.6 is 0 Å². The van der Waals surface area contributed by atoms with E-state index < -0.39 is 11.6 Å². The van der Waals surface area contributed by atoms with Crippen molar-refractivity contribution in [3.63, 3.8) is 0 Å². The summed E-state index contributed by atoms with van der Waals surface area (Å²) in [5.41, 5.74) is 1.64. The Labute approximate surface area is 234 Å². The third kappa shape index (κ3) is 4.65. The fraction of sp³-hybridized carbons (Fsp3) is 0.414. The summed E-state index contributed by atoms with van der Waals surface area (Å²) in [6.45, 7) is 2.09. The fourth-order valence-corrected chi connectivity index (χ4v) is 5.88. The predicted octanol–water partition coefficient (Wildman–Crippen LogP) is 4.45. The van der Waals surface area contributed by atoms with Crippen LogP contribution in [0.1, 0.15) is 49.2 Å². The van der Waals surface area contributed by atoms with Gasteiger partial charge in [-0.2, -0.15) is 4.98 Å². The Kier molecular flexibility index (Phi) is 6.49. The van der Waals surface area contributed by atoms with E-state index in [-0.39, 0.29) is 36.2 Å². The molecule has 0 atom stereocenters. The number of rotatable bonds is 7. The van der Waals surface area contributed by atoms with Gasteiger partial charge in [-0.05, 0) is 55.5 Å². The average Bonchev–Trinajstić information content (AvgIpc) is 3.62. The van der Waals surface area contributed by atoms with Gasteiger partial charge < -0.3 is 19.4 Å². The van der Waals surface area contributed by atoms with E-state index in [9.17, 15) is 9.90 Å². The molecule has 3 fully saturated rings. The second kappa shape index (κ2) is 10.3. The number of β-amino-alcohol motifs (C(OH)–C–C–N with tert-alkyl or cyclic N) is 1. The largest absolute Gasteiger partial charge is 0.395 e. The van der Waals surface area contributed by atoms with Gasteiger partial charge in [0.05, 0.1) is 23.2 Å². The van der Waals surface area contributed by atoms with Crippen molar-refractivity contribution < 1.29 is 23.2 Å². The molecule has 0 unspecified atom stereocenters. The second-order valence-electron chi connectivity index (χ2n) is 10.9. The van der Waals surface area contributed by atoms with Crippen LogP contribution in [0, 0.1) is 11.6 Å². The molecule has 2 aromatic carbocycles. The molecule has 2 aliphatic heterocycles. The molecule has 212 valence electrons. The molecule has 3 aliphatic rings. The Morgan fingerprint density at radius 2 is 1.78 bits per heavy atom. The molecule has 4 heterocycles. The minimum atomic E-state index is -0.568. The van der Waals surface area contributed by atoms with E-state index >= 15 is 8.78 Å². The maximum absolute atomic E-state index is 15.4. The summed E-state index contributed by atoms with van der Waals surface area (Å²) in [6, 6.07) is 7.21. The molecule has 12 heteroatoms. The first-order valence-corrected chi connectivity index (χ1v) is 14.0. The van der Waals surface area contributed by atoms with Gasteiger partial charge in [-0.25, -0.2) is 23.5 Å². The van der Waals surface area contributed by atoms with Crippen molar-refractivity contribution >= 4 is 28.4 Å². The van der Waals surface area contributed by atoms with Crippen molar-refractivity contribution in [2.45, 2.75) is 37.5 Å². The number of halogens is 2. The SMILES string of the molecule is O=C1N(CCO)CCN1c1ccc(-c2ccc(F)c3c(N4CCC(c5noc(C6CC6)n5)CC4)ncnc23)cc1F. The Balaban J connectivity index is 1.15. The smallest absolute Gasteiger partial charge is 0.324 e. The van der Waals surface area contributed by atoms with Crippen molar-refractivity contribution in [1.82, 2.24) is 25.0 Å². The van der Waals surface area contributed by atoms with Gasteiger partial charge in [-0.3, -0.25) is 4.90 Å². The average molecular weight is 562 g/mol. The van der Waals surface area contributed by atoms with Crippen molar-refractivity contribution in [3.8, 4) is 11.1 Å². The monoisotopic (exact) mass is 561 g/mol. The van der Waals surface area contributed by atoms with E-state index in [2.05, 4.69) is 25.0 Å². The summed E-state index contributed by atoms with van der Waals surface area (Å²) < 4.78 is 36.1. The zero-order chi connectivity index (χ0) is 28.1. The maximum Gasteiger partial charge on any atom is 0.324 e. The lowest BCUT2D eigenvalue weighted by molar-refractivity contribution is 0.199. The molecule has 0 spiro atoms. The summed E-state index contributed by atoms with van der Waals surface area (Å²) in [6.07, 6.45) is 5.19.